The number of hydrogen-bond donors (Lipinski definition) is 0. The first-order valence-electron chi connectivity index (χ1n) is 5.45. The van der Waals surface area contributed by atoms with Crippen LogP contribution in [0.3, 0.4) is 0 Å². The lowest BCUT2D eigenvalue weighted by molar-refractivity contribution is 0.368. The smallest absolute Gasteiger partial charge is 0.124 e. The van der Waals surface area contributed by atoms with Crippen LogP contribution in [-0.2, 0) is 0 Å². The highest BCUT2D eigenvalue weighted by Gasteiger charge is 2.16. The monoisotopic (exact) mass is 285 g/mol. The van der Waals surface area contributed by atoms with Crippen LogP contribution in [0.25, 0.3) is 0 Å². The zero-order valence-corrected chi connectivity index (χ0v) is 12.2. The second-order valence-electron chi connectivity index (χ2n) is 4.46. The van der Waals surface area contributed by atoms with Gasteiger partial charge in [-0.15, -0.1) is 0 Å². The van der Waals surface area contributed by atoms with Crippen molar-refractivity contribution >= 4 is 15.9 Å². The number of halogens is 1. The molecule has 0 aliphatic heterocycles. The molecule has 0 spiro atoms. The minimum absolute atomic E-state index is 0.182. The van der Waals surface area contributed by atoms with E-state index >= 15 is 0 Å². The normalized spacial score (nSPS) is 13.2. The highest BCUT2D eigenvalue weighted by molar-refractivity contribution is 9.09. The lowest BCUT2D eigenvalue weighted by atomic mass is 10.00. The maximum atomic E-state index is 5.39. The number of benzene rings is 1. The van der Waals surface area contributed by atoms with Gasteiger partial charge in [0.15, 0.2) is 0 Å². The van der Waals surface area contributed by atoms with E-state index in [4.69, 9.17) is 4.74 Å². The quantitative estimate of drug-likeness (QED) is 0.617. The number of hydrogen-bond acceptors (Lipinski definition) is 2. The van der Waals surface area contributed by atoms with Gasteiger partial charge in [0.05, 0.1) is 12.1 Å². The first-order chi connectivity index (χ1) is 7.47. The second-order valence-corrected chi connectivity index (χ2v) is 5.32. The molecule has 1 aromatic rings. The van der Waals surface area contributed by atoms with Crippen molar-refractivity contribution in [3.8, 4) is 5.75 Å². The predicted molar refractivity (Wildman–Crippen MR) is 72.4 cm³/mol. The molecule has 1 unspecified atom stereocenters. The standard InChI is InChI=1S/C13H20BrNO/c1-9(2)10-6-7-12(16-5)11(8-10)13(14)15(3)4/h6-9,13H,1-5H3. The van der Waals surface area contributed by atoms with Gasteiger partial charge in [-0.2, -0.15) is 0 Å². The molecule has 0 bridgehead atoms. The number of rotatable bonds is 4. The SMILES string of the molecule is COc1ccc(C(C)C)cc1C(Br)N(C)C. The van der Waals surface area contributed by atoms with E-state index in [0.29, 0.717) is 5.92 Å². The van der Waals surface area contributed by atoms with Crippen LogP contribution in [-0.4, -0.2) is 26.1 Å². The number of nitrogens with zero attached hydrogens (tertiary/aromatic N) is 1. The molecule has 0 radical (unpaired) electrons. The first-order valence-corrected chi connectivity index (χ1v) is 6.37. The molecule has 0 aromatic heterocycles. The third-order valence-corrected chi connectivity index (χ3v) is 3.94. The van der Waals surface area contributed by atoms with Crippen molar-refractivity contribution in [3.63, 3.8) is 0 Å². The molecule has 2 nitrogen and oxygen atoms in total. The largest absolute Gasteiger partial charge is 0.496 e. The van der Waals surface area contributed by atoms with Gasteiger partial charge >= 0.3 is 0 Å². The molecule has 0 fully saturated rings. The van der Waals surface area contributed by atoms with Crippen molar-refractivity contribution in [3.05, 3.63) is 29.3 Å². The van der Waals surface area contributed by atoms with Gasteiger partial charge in [0.2, 0.25) is 0 Å². The van der Waals surface area contributed by atoms with E-state index in [9.17, 15) is 0 Å². The number of methoxy groups -OCH3 is 1. The molecule has 1 rings (SSSR count). The van der Waals surface area contributed by atoms with Crippen molar-refractivity contribution in [1.82, 2.24) is 4.90 Å². The molecule has 90 valence electrons. The summed E-state index contributed by atoms with van der Waals surface area (Å²) in [5.74, 6) is 1.46. The van der Waals surface area contributed by atoms with E-state index < -0.39 is 0 Å². The Labute approximate surface area is 107 Å². The Morgan fingerprint density at radius 1 is 1.25 bits per heavy atom. The fourth-order valence-electron chi connectivity index (χ4n) is 1.58. The molecule has 0 amide bonds. The molecule has 16 heavy (non-hydrogen) atoms. The third kappa shape index (κ3) is 2.98. The van der Waals surface area contributed by atoms with Crippen LogP contribution in [0.15, 0.2) is 18.2 Å². The highest BCUT2D eigenvalue weighted by Crippen LogP contribution is 2.34. The topological polar surface area (TPSA) is 12.5 Å². The van der Waals surface area contributed by atoms with E-state index in [0.717, 1.165) is 5.75 Å². The van der Waals surface area contributed by atoms with Crippen LogP contribution in [0.1, 0.15) is 35.8 Å². The van der Waals surface area contributed by atoms with E-state index in [2.05, 4.69) is 46.8 Å². The fraction of sp³-hybridized carbons (Fsp3) is 0.538. The molecule has 0 N–H and O–H groups in total. The molecule has 0 saturated carbocycles. The molecule has 0 aliphatic rings. The second kappa shape index (κ2) is 5.69. The van der Waals surface area contributed by atoms with Crippen molar-refractivity contribution < 1.29 is 4.74 Å². The van der Waals surface area contributed by atoms with E-state index in [-0.39, 0.29) is 4.95 Å². The Morgan fingerprint density at radius 2 is 1.88 bits per heavy atom. The lowest BCUT2D eigenvalue weighted by Gasteiger charge is -2.22. The molecule has 3 heteroatoms. The number of ether oxygens (including phenoxy) is 1. The molecular formula is C13H20BrNO. The molecule has 0 aliphatic carbocycles. The molecule has 1 aromatic carbocycles. The summed E-state index contributed by atoms with van der Waals surface area (Å²) in [4.78, 5) is 2.29. The van der Waals surface area contributed by atoms with E-state index in [1.54, 1.807) is 7.11 Å². The van der Waals surface area contributed by atoms with Gasteiger partial charge < -0.3 is 4.74 Å². The summed E-state index contributed by atoms with van der Waals surface area (Å²) in [5.41, 5.74) is 2.51. The summed E-state index contributed by atoms with van der Waals surface area (Å²) < 4.78 is 5.39. The first kappa shape index (κ1) is 13.5. The van der Waals surface area contributed by atoms with Crippen LogP contribution in [0.4, 0.5) is 0 Å². The van der Waals surface area contributed by atoms with Gasteiger partial charge in [-0.25, -0.2) is 0 Å². The minimum Gasteiger partial charge on any atom is -0.496 e. The van der Waals surface area contributed by atoms with E-state index in [1.807, 2.05) is 20.2 Å². The fourth-order valence-corrected chi connectivity index (χ4v) is 1.93. The highest BCUT2D eigenvalue weighted by atomic mass is 79.9. The molecule has 0 heterocycles. The van der Waals surface area contributed by atoms with Gasteiger partial charge in [-0.1, -0.05) is 35.8 Å². The summed E-state index contributed by atoms with van der Waals surface area (Å²) in [7, 11) is 5.80. The van der Waals surface area contributed by atoms with Crippen LogP contribution in [0, 0.1) is 0 Å². The van der Waals surface area contributed by atoms with Crippen molar-refractivity contribution in [2.24, 2.45) is 0 Å². The zero-order valence-electron chi connectivity index (χ0n) is 10.6. The van der Waals surface area contributed by atoms with Crippen molar-refractivity contribution in [1.29, 1.82) is 0 Å². The summed E-state index contributed by atoms with van der Waals surface area (Å²) in [6.07, 6.45) is 0. The van der Waals surface area contributed by atoms with Crippen LogP contribution >= 0.6 is 15.9 Å². The molecule has 1 atom stereocenters. The summed E-state index contributed by atoms with van der Waals surface area (Å²) >= 11 is 3.67. The van der Waals surface area contributed by atoms with Crippen LogP contribution in [0.5, 0.6) is 5.75 Å². The Bertz CT molecular complexity index is 350. The summed E-state index contributed by atoms with van der Waals surface area (Å²) in [6.45, 7) is 4.40. The van der Waals surface area contributed by atoms with Gasteiger partial charge in [0.25, 0.3) is 0 Å². The maximum Gasteiger partial charge on any atom is 0.124 e. The van der Waals surface area contributed by atoms with Gasteiger partial charge in [0, 0.05) is 5.56 Å². The Hall–Kier alpha value is -0.540. The van der Waals surface area contributed by atoms with Gasteiger partial charge in [-0.05, 0) is 37.7 Å². The summed E-state index contributed by atoms with van der Waals surface area (Å²) in [6, 6.07) is 6.38. The van der Waals surface area contributed by atoms with Crippen molar-refractivity contribution in [2.75, 3.05) is 21.2 Å². The summed E-state index contributed by atoms with van der Waals surface area (Å²) in [5, 5.41) is 0. The Balaban J connectivity index is 3.16. The molecular weight excluding hydrogens is 266 g/mol. The van der Waals surface area contributed by atoms with Gasteiger partial charge in [-0.3, -0.25) is 4.90 Å². The maximum absolute atomic E-state index is 5.39. The predicted octanol–water partition coefficient (Wildman–Crippen LogP) is 3.77. The van der Waals surface area contributed by atoms with Crippen LogP contribution < -0.4 is 4.74 Å². The number of alkyl halides is 1. The minimum atomic E-state index is 0.182. The third-order valence-electron chi connectivity index (χ3n) is 2.63. The van der Waals surface area contributed by atoms with Gasteiger partial charge in [0.1, 0.15) is 5.75 Å². The zero-order chi connectivity index (χ0) is 12.3. The van der Waals surface area contributed by atoms with Crippen molar-refractivity contribution in [2.45, 2.75) is 24.7 Å². The Morgan fingerprint density at radius 3 is 2.31 bits per heavy atom. The Kier molecular flexibility index (Phi) is 4.81. The van der Waals surface area contributed by atoms with Crippen LogP contribution in [0.2, 0.25) is 0 Å². The van der Waals surface area contributed by atoms with E-state index in [1.165, 1.54) is 11.1 Å². The average molecular weight is 286 g/mol. The molecule has 0 saturated heterocycles. The average Bonchev–Trinajstić information content (AvgIpc) is 2.26. The lowest BCUT2D eigenvalue weighted by Crippen LogP contribution is -2.15.